The van der Waals surface area contributed by atoms with Gasteiger partial charge in [-0.1, -0.05) is 23.7 Å². The van der Waals surface area contributed by atoms with Crippen LogP contribution in [0.2, 0.25) is 5.02 Å². The molecule has 0 bridgehead atoms. The van der Waals surface area contributed by atoms with Gasteiger partial charge in [0.15, 0.2) is 0 Å². The number of thioether (sulfide) groups is 1. The summed E-state index contributed by atoms with van der Waals surface area (Å²) in [6.07, 6.45) is 0.158. The van der Waals surface area contributed by atoms with Crippen LogP contribution in [0.15, 0.2) is 29.2 Å². The molecule has 1 aromatic carbocycles. The molecular formula is C15H20ClNO3S. The molecule has 2 atom stereocenters. The topological polar surface area (TPSA) is 49.8 Å². The van der Waals surface area contributed by atoms with Crippen LogP contribution in [0.5, 0.6) is 0 Å². The molecule has 21 heavy (non-hydrogen) atoms. The molecule has 2 unspecified atom stereocenters. The first-order valence-electron chi connectivity index (χ1n) is 7.01. The lowest BCUT2D eigenvalue weighted by molar-refractivity contribution is -0.146. The molecule has 1 fully saturated rings. The highest BCUT2D eigenvalue weighted by molar-refractivity contribution is 7.99. The zero-order valence-electron chi connectivity index (χ0n) is 12.0. The molecule has 1 aliphatic rings. The van der Waals surface area contributed by atoms with Crippen molar-refractivity contribution in [3.63, 3.8) is 0 Å². The van der Waals surface area contributed by atoms with Crippen LogP contribution in [0.25, 0.3) is 0 Å². The molecule has 4 nitrogen and oxygen atoms in total. The van der Waals surface area contributed by atoms with Gasteiger partial charge in [-0.3, -0.25) is 4.79 Å². The Morgan fingerprint density at radius 1 is 1.48 bits per heavy atom. The monoisotopic (exact) mass is 329 g/mol. The summed E-state index contributed by atoms with van der Waals surface area (Å²) in [5.41, 5.74) is 0. The second-order valence-electron chi connectivity index (χ2n) is 5.08. The van der Waals surface area contributed by atoms with Crippen LogP contribution in [0.1, 0.15) is 13.3 Å². The third-order valence-corrected chi connectivity index (χ3v) is 4.81. The first-order chi connectivity index (χ1) is 10.1. The Morgan fingerprint density at radius 2 is 2.24 bits per heavy atom. The van der Waals surface area contributed by atoms with Crippen LogP contribution >= 0.6 is 23.4 Å². The molecule has 6 heteroatoms. The van der Waals surface area contributed by atoms with Crippen molar-refractivity contribution < 1.29 is 14.6 Å². The second kappa shape index (κ2) is 8.03. The number of hydrogen-bond donors (Lipinski definition) is 1. The molecule has 0 saturated carbocycles. The van der Waals surface area contributed by atoms with Gasteiger partial charge < -0.3 is 14.7 Å². The van der Waals surface area contributed by atoms with E-state index in [0.29, 0.717) is 25.3 Å². The first-order valence-corrected chi connectivity index (χ1v) is 8.38. The number of aliphatic hydroxyl groups excluding tert-OH is 1. The number of morpholine rings is 1. The SMILES string of the molecule is CC1CN(C(=O)CCSc2ccccc2Cl)CC(CO)O1. The maximum absolute atomic E-state index is 12.2. The quantitative estimate of drug-likeness (QED) is 0.843. The molecule has 2 rings (SSSR count). The van der Waals surface area contributed by atoms with E-state index in [1.54, 1.807) is 16.7 Å². The van der Waals surface area contributed by atoms with Crippen LogP contribution in [-0.4, -0.2) is 53.6 Å². The number of halogens is 1. The van der Waals surface area contributed by atoms with Gasteiger partial charge in [0, 0.05) is 30.2 Å². The van der Waals surface area contributed by atoms with Crippen LogP contribution in [0.3, 0.4) is 0 Å². The highest BCUT2D eigenvalue weighted by atomic mass is 35.5. The fourth-order valence-corrected chi connectivity index (χ4v) is 3.49. The number of carbonyl (C=O) groups is 1. The summed E-state index contributed by atoms with van der Waals surface area (Å²) in [5.74, 6) is 0.793. The molecular weight excluding hydrogens is 310 g/mol. The third-order valence-electron chi connectivity index (χ3n) is 3.29. The average molecular weight is 330 g/mol. The molecule has 116 valence electrons. The summed E-state index contributed by atoms with van der Waals surface area (Å²) >= 11 is 7.67. The van der Waals surface area contributed by atoms with Crippen molar-refractivity contribution >= 4 is 29.3 Å². The predicted molar refractivity (Wildman–Crippen MR) is 84.8 cm³/mol. The zero-order valence-corrected chi connectivity index (χ0v) is 13.6. The maximum Gasteiger partial charge on any atom is 0.223 e. The van der Waals surface area contributed by atoms with E-state index in [1.807, 2.05) is 31.2 Å². The minimum Gasteiger partial charge on any atom is -0.394 e. The summed E-state index contributed by atoms with van der Waals surface area (Å²) in [4.78, 5) is 15.0. The van der Waals surface area contributed by atoms with Crippen molar-refractivity contribution in [1.82, 2.24) is 4.90 Å². The number of aliphatic hydroxyl groups is 1. The smallest absolute Gasteiger partial charge is 0.223 e. The van der Waals surface area contributed by atoms with E-state index in [0.717, 1.165) is 9.92 Å². The van der Waals surface area contributed by atoms with E-state index in [9.17, 15) is 9.90 Å². The molecule has 1 aliphatic heterocycles. The van der Waals surface area contributed by atoms with E-state index in [4.69, 9.17) is 16.3 Å². The summed E-state index contributed by atoms with van der Waals surface area (Å²) in [5, 5.41) is 9.90. The maximum atomic E-state index is 12.2. The van der Waals surface area contributed by atoms with Crippen molar-refractivity contribution in [2.24, 2.45) is 0 Å². The first kappa shape index (κ1) is 16.6. The summed E-state index contributed by atoms with van der Waals surface area (Å²) in [6.45, 7) is 2.92. The van der Waals surface area contributed by atoms with Gasteiger partial charge >= 0.3 is 0 Å². The minimum absolute atomic E-state index is 0.0314. The van der Waals surface area contributed by atoms with Gasteiger partial charge in [0.05, 0.1) is 23.8 Å². The van der Waals surface area contributed by atoms with Gasteiger partial charge in [-0.15, -0.1) is 11.8 Å². The number of nitrogens with zero attached hydrogens (tertiary/aromatic N) is 1. The van der Waals surface area contributed by atoms with Crippen LogP contribution in [0.4, 0.5) is 0 Å². The number of rotatable bonds is 5. The largest absolute Gasteiger partial charge is 0.394 e. The molecule has 1 aromatic rings. The third kappa shape index (κ3) is 4.88. The normalized spacial score (nSPS) is 22.3. The number of ether oxygens (including phenoxy) is 1. The number of benzene rings is 1. The summed E-state index contributed by atoms with van der Waals surface area (Å²) < 4.78 is 5.54. The Labute approximate surface area is 134 Å². The zero-order chi connectivity index (χ0) is 15.2. The Morgan fingerprint density at radius 3 is 2.95 bits per heavy atom. The lowest BCUT2D eigenvalue weighted by Gasteiger charge is -2.36. The van der Waals surface area contributed by atoms with Gasteiger partial charge in [-0.25, -0.2) is 0 Å². The van der Waals surface area contributed by atoms with Gasteiger partial charge in [0.25, 0.3) is 0 Å². The standard InChI is InChI=1S/C15H20ClNO3S/c1-11-8-17(9-12(10-18)20-11)15(19)6-7-21-14-5-3-2-4-13(14)16/h2-5,11-12,18H,6-10H2,1H3. The summed E-state index contributed by atoms with van der Waals surface area (Å²) in [6, 6.07) is 7.63. The van der Waals surface area contributed by atoms with E-state index in [-0.39, 0.29) is 24.7 Å². The van der Waals surface area contributed by atoms with Gasteiger partial charge in [-0.05, 0) is 19.1 Å². The number of hydrogen-bond acceptors (Lipinski definition) is 4. The Bertz CT molecular complexity index is 486. The van der Waals surface area contributed by atoms with Crippen LogP contribution < -0.4 is 0 Å². The van der Waals surface area contributed by atoms with Crippen LogP contribution in [-0.2, 0) is 9.53 Å². The van der Waals surface area contributed by atoms with E-state index >= 15 is 0 Å². The molecule has 1 N–H and O–H groups in total. The second-order valence-corrected chi connectivity index (χ2v) is 6.62. The molecule has 1 saturated heterocycles. The highest BCUT2D eigenvalue weighted by Gasteiger charge is 2.27. The van der Waals surface area contributed by atoms with E-state index in [2.05, 4.69) is 0 Å². The molecule has 0 spiro atoms. The number of carbonyl (C=O) groups excluding carboxylic acids is 1. The van der Waals surface area contributed by atoms with E-state index < -0.39 is 0 Å². The molecule has 0 aromatic heterocycles. The van der Waals surface area contributed by atoms with Crippen molar-refractivity contribution in [1.29, 1.82) is 0 Å². The molecule has 1 heterocycles. The lowest BCUT2D eigenvalue weighted by atomic mass is 10.2. The predicted octanol–water partition coefficient (Wildman–Crippen LogP) is 2.43. The fraction of sp³-hybridized carbons (Fsp3) is 0.533. The van der Waals surface area contributed by atoms with Crippen molar-refractivity contribution in [3.05, 3.63) is 29.3 Å². The highest BCUT2D eigenvalue weighted by Crippen LogP contribution is 2.27. The van der Waals surface area contributed by atoms with E-state index in [1.165, 1.54) is 0 Å². The van der Waals surface area contributed by atoms with Gasteiger partial charge in [0.2, 0.25) is 5.91 Å². The number of amides is 1. The summed E-state index contributed by atoms with van der Waals surface area (Å²) in [7, 11) is 0. The van der Waals surface area contributed by atoms with Crippen molar-refractivity contribution in [3.8, 4) is 0 Å². The van der Waals surface area contributed by atoms with Gasteiger partial charge in [-0.2, -0.15) is 0 Å². The minimum atomic E-state index is -0.270. The van der Waals surface area contributed by atoms with Gasteiger partial charge in [0.1, 0.15) is 0 Å². The molecule has 0 aliphatic carbocycles. The average Bonchev–Trinajstić information content (AvgIpc) is 2.48. The Balaban J connectivity index is 1.80. The molecule has 1 amide bonds. The lowest BCUT2D eigenvalue weighted by Crippen LogP contribution is -2.50. The Kier molecular flexibility index (Phi) is 6.36. The van der Waals surface area contributed by atoms with Crippen molar-refractivity contribution in [2.45, 2.75) is 30.4 Å². The Hall–Kier alpha value is -0.750. The van der Waals surface area contributed by atoms with Crippen molar-refractivity contribution in [2.75, 3.05) is 25.4 Å². The molecule has 0 radical (unpaired) electrons. The van der Waals surface area contributed by atoms with Crippen LogP contribution in [0, 0.1) is 0 Å². The fourth-order valence-electron chi connectivity index (χ4n) is 2.32.